The van der Waals surface area contributed by atoms with E-state index in [1.54, 1.807) is 23.4 Å². The van der Waals surface area contributed by atoms with Gasteiger partial charge in [0.25, 0.3) is 0 Å². The number of H-pyrrole nitrogens is 1. The minimum Gasteiger partial charge on any atom is -0.391 e. The molecule has 9 heteroatoms. The Morgan fingerprint density at radius 1 is 1.29 bits per heavy atom. The quantitative estimate of drug-likeness (QED) is 0.496. The number of aromatic amines is 1. The lowest BCUT2D eigenvalue weighted by Crippen LogP contribution is -2.29. The molecular formula is C22H23FN6O2. The summed E-state index contributed by atoms with van der Waals surface area (Å²) in [7, 11) is 0. The molecule has 0 spiro atoms. The van der Waals surface area contributed by atoms with Crippen molar-refractivity contribution < 1.29 is 14.3 Å². The lowest BCUT2D eigenvalue weighted by Gasteiger charge is -2.16. The summed E-state index contributed by atoms with van der Waals surface area (Å²) in [5.41, 5.74) is 3.03. The van der Waals surface area contributed by atoms with E-state index in [-0.39, 0.29) is 17.6 Å². The summed E-state index contributed by atoms with van der Waals surface area (Å²) in [6.07, 6.45) is 8.88. The number of hydrogen-bond acceptors (Lipinski definition) is 5. The smallest absolute Gasteiger partial charge is 0.222 e. The number of benzene rings is 1. The molecule has 8 nitrogen and oxygen atoms in total. The second-order valence-electron chi connectivity index (χ2n) is 8.10. The average Bonchev–Trinajstić information content (AvgIpc) is 3.46. The second kappa shape index (κ2) is 8.07. The number of aryl methyl sites for hydroxylation is 1. The summed E-state index contributed by atoms with van der Waals surface area (Å²) in [5, 5.41) is 10.5. The Morgan fingerprint density at radius 3 is 3.10 bits per heavy atom. The van der Waals surface area contributed by atoms with E-state index in [4.69, 9.17) is 0 Å². The number of nitrogens with one attached hydrogen (secondary N) is 1. The first-order valence-corrected chi connectivity index (χ1v) is 10.4. The van der Waals surface area contributed by atoms with Crippen LogP contribution in [0.15, 0.2) is 43.0 Å². The highest BCUT2D eigenvalue weighted by Crippen LogP contribution is 2.22. The van der Waals surface area contributed by atoms with E-state index >= 15 is 0 Å². The highest BCUT2D eigenvalue weighted by molar-refractivity contribution is 5.77. The Labute approximate surface area is 177 Å². The number of β-amino-alcohol motifs (C(OH)–C–C–N with tert-alkyl or cyclic N) is 1. The van der Waals surface area contributed by atoms with E-state index in [0.29, 0.717) is 44.3 Å². The van der Waals surface area contributed by atoms with E-state index in [1.165, 1.54) is 12.1 Å². The summed E-state index contributed by atoms with van der Waals surface area (Å²) in [4.78, 5) is 30.5. The zero-order valence-electron chi connectivity index (χ0n) is 16.9. The molecule has 0 radical (unpaired) electrons. The first kappa shape index (κ1) is 19.6. The number of aromatic nitrogens is 5. The molecule has 1 fully saturated rings. The molecule has 160 valence electrons. The second-order valence-corrected chi connectivity index (χ2v) is 8.10. The summed E-state index contributed by atoms with van der Waals surface area (Å²) in [6, 6.07) is 4.44. The Bertz CT molecular complexity index is 1240. The van der Waals surface area contributed by atoms with Crippen molar-refractivity contribution in [3.05, 3.63) is 60.3 Å². The largest absolute Gasteiger partial charge is 0.391 e. The molecule has 1 saturated heterocycles. The van der Waals surface area contributed by atoms with Crippen molar-refractivity contribution in [2.75, 3.05) is 13.1 Å². The van der Waals surface area contributed by atoms with Crippen LogP contribution in [0.1, 0.15) is 24.4 Å². The van der Waals surface area contributed by atoms with Crippen LogP contribution >= 0.6 is 0 Å². The minimum absolute atomic E-state index is 0.0294. The molecule has 1 aromatic carbocycles. The fourth-order valence-electron chi connectivity index (χ4n) is 4.22. The van der Waals surface area contributed by atoms with Crippen molar-refractivity contribution in [1.29, 1.82) is 0 Å². The van der Waals surface area contributed by atoms with Gasteiger partial charge in [0.15, 0.2) is 5.65 Å². The maximum absolute atomic E-state index is 13.3. The van der Waals surface area contributed by atoms with Crippen LogP contribution in [-0.4, -0.2) is 59.4 Å². The molecule has 0 saturated carbocycles. The molecule has 0 bridgehead atoms. The maximum atomic E-state index is 13.3. The standard InChI is InChI=1S/C22H23FN6O2/c23-15-4-5-17-18(9-15)27-20(26-17)2-1-3-22(31)29-11-14(19(30)13-29)8-16-12-28-7-6-24-21(28)10-25-16/h4-7,9-10,12,14,19,30H,1-3,8,11,13H2,(H,26,27)/t14-,19+/m0/s1. The van der Waals surface area contributed by atoms with Gasteiger partial charge >= 0.3 is 0 Å². The fraction of sp³-hybridized carbons (Fsp3) is 0.364. The van der Waals surface area contributed by atoms with E-state index in [2.05, 4.69) is 19.9 Å². The van der Waals surface area contributed by atoms with E-state index < -0.39 is 6.10 Å². The van der Waals surface area contributed by atoms with Crippen LogP contribution in [0.2, 0.25) is 0 Å². The SMILES string of the molecule is O=C(CCCc1nc2ccc(F)cc2[nH]1)N1C[C@H](Cc2cn3ccnc3cn2)[C@H](O)C1. The van der Waals surface area contributed by atoms with Crippen molar-refractivity contribution >= 4 is 22.6 Å². The van der Waals surface area contributed by atoms with Gasteiger partial charge in [-0.3, -0.25) is 9.78 Å². The van der Waals surface area contributed by atoms with Crippen molar-refractivity contribution in [3.63, 3.8) is 0 Å². The minimum atomic E-state index is -0.561. The Balaban J connectivity index is 1.14. The molecule has 0 aliphatic carbocycles. The number of halogens is 1. The van der Waals surface area contributed by atoms with Crippen molar-refractivity contribution in [3.8, 4) is 0 Å². The van der Waals surface area contributed by atoms with Crippen LogP contribution in [0.5, 0.6) is 0 Å². The number of nitrogens with zero attached hydrogens (tertiary/aromatic N) is 5. The molecule has 5 rings (SSSR count). The molecule has 3 aromatic heterocycles. The van der Waals surface area contributed by atoms with Gasteiger partial charge in [0.05, 0.1) is 29.0 Å². The van der Waals surface area contributed by atoms with Gasteiger partial charge in [-0.25, -0.2) is 14.4 Å². The van der Waals surface area contributed by atoms with Gasteiger partial charge in [-0.15, -0.1) is 0 Å². The summed E-state index contributed by atoms with van der Waals surface area (Å²) >= 11 is 0. The summed E-state index contributed by atoms with van der Waals surface area (Å²) in [6.45, 7) is 0.869. The van der Waals surface area contributed by atoms with Gasteiger partial charge in [0.2, 0.25) is 5.91 Å². The molecule has 2 N–H and O–H groups in total. The first-order chi connectivity index (χ1) is 15.0. The van der Waals surface area contributed by atoms with Crippen LogP contribution in [0, 0.1) is 11.7 Å². The third kappa shape index (κ3) is 4.13. The van der Waals surface area contributed by atoms with E-state index in [9.17, 15) is 14.3 Å². The molecule has 4 heterocycles. The Morgan fingerprint density at radius 2 is 2.19 bits per heavy atom. The Hall–Kier alpha value is -3.33. The van der Waals surface area contributed by atoms with E-state index in [1.807, 2.05) is 16.8 Å². The predicted octanol–water partition coefficient (Wildman–Crippen LogP) is 2.13. The van der Waals surface area contributed by atoms with Crippen molar-refractivity contribution in [2.24, 2.45) is 5.92 Å². The summed E-state index contributed by atoms with van der Waals surface area (Å²) in [5.74, 6) is 0.429. The van der Waals surface area contributed by atoms with Crippen molar-refractivity contribution in [1.82, 2.24) is 29.2 Å². The van der Waals surface area contributed by atoms with Crippen LogP contribution in [0.4, 0.5) is 4.39 Å². The lowest BCUT2D eigenvalue weighted by molar-refractivity contribution is -0.130. The first-order valence-electron chi connectivity index (χ1n) is 10.4. The van der Waals surface area contributed by atoms with Gasteiger partial charge in [-0.2, -0.15) is 0 Å². The number of aliphatic hydroxyl groups is 1. The zero-order valence-corrected chi connectivity index (χ0v) is 16.9. The van der Waals surface area contributed by atoms with Crippen LogP contribution < -0.4 is 0 Å². The van der Waals surface area contributed by atoms with Crippen LogP contribution in [0.3, 0.4) is 0 Å². The number of likely N-dealkylation sites (tertiary alicyclic amines) is 1. The molecular weight excluding hydrogens is 399 g/mol. The predicted molar refractivity (Wildman–Crippen MR) is 112 cm³/mol. The van der Waals surface area contributed by atoms with E-state index in [0.717, 1.165) is 22.7 Å². The topological polar surface area (TPSA) is 99.4 Å². The van der Waals surface area contributed by atoms with Gasteiger partial charge < -0.3 is 19.4 Å². The average molecular weight is 422 g/mol. The fourth-order valence-corrected chi connectivity index (χ4v) is 4.22. The number of amides is 1. The molecule has 1 amide bonds. The van der Waals surface area contributed by atoms with Gasteiger partial charge in [0, 0.05) is 50.4 Å². The number of fused-ring (bicyclic) bond motifs is 2. The third-order valence-electron chi connectivity index (χ3n) is 5.86. The zero-order chi connectivity index (χ0) is 21.4. The number of rotatable bonds is 6. The van der Waals surface area contributed by atoms with Gasteiger partial charge in [-0.05, 0) is 31.0 Å². The molecule has 2 atom stereocenters. The normalized spacial score (nSPS) is 19.0. The van der Waals surface area contributed by atoms with Gasteiger partial charge in [0.1, 0.15) is 11.6 Å². The lowest BCUT2D eigenvalue weighted by atomic mass is 10.0. The number of imidazole rings is 2. The molecule has 1 aliphatic heterocycles. The molecule has 4 aromatic rings. The molecule has 0 unspecified atom stereocenters. The highest BCUT2D eigenvalue weighted by Gasteiger charge is 2.34. The summed E-state index contributed by atoms with van der Waals surface area (Å²) < 4.78 is 15.2. The van der Waals surface area contributed by atoms with Crippen LogP contribution in [0.25, 0.3) is 16.7 Å². The number of carbonyl (C=O) groups is 1. The molecule has 1 aliphatic rings. The van der Waals surface area contributed by atoms with Gasteiger partial charge in [-0.1, -0.05) is 0 Å². The highest BCUT2D eigenvalue weighted by atomic mass is 19.1. The number of hydrogen-bond donors (Lipinski definition) is 2. The van der Waals surface area contributed by atoms with Crippen LogP contribution in [-0.2, 0) is 17.6 Å². The molecule has 31 heavy (non-hydrogen) atoms. The monoisotopic (exact) mass is 422 g/mol. The maximum Gasteiger partial charge on any atom is 0.222 e. The van der Waals surface area contributed by atoms with Crippen molar-refractivity contribution in [2.45, 2.75) is 31.8 Å². The Kier molecular flexibility index (Phi) is 5.11. The third-order valence-corrected chi connectivity index (χ3v) is 5.86. The number of carbonyl (C=O) groups excluding carboxylic acids is 1. The number of aliphatic hydroxyl groups excluding tert-OH is 1.